The molecule has 0 spiro atoms. The first-order valence-electron chi connectivity index (χ1n) is 7.82. The Labute approximate surface area is 134 Å². The second kappa shape index (κ2) is 4.07. The predicted octanol–water partition coefficient (Wildman–Crippen LogP) is 3.42. The van der Waals surface area contributed by atoms with E-state index in [1.807, 2.05) is 30.3 Å². The quantitative estimate of drug-likeness (QED) is 0.383. The fraction of sp³-hybridized carbons (Fsp3) is 0.100. The van der Waals surface area contributed by atoms with Gasteiger partial charge in [-0.25, -0.2) is 0 Å². The van der Waals surface area contributed by atoms with Gasteiger partial charge in [-0.1, -0.05) is 30.3 Å². The molecule has 3 aliphatic rings. The molecule has 23 heavy (non-hydrogen) atoms. The molecule has 3 aromatic carbocycles. The molecule has 2 bridgehead atoms. The largest absolute Gasteiger partial charge is 0.399 e. The molecule has 0 saturated carbocycles. The van der Waals surface area contributed by atoms with E-state index in [0.29, 0.717) is 0 Å². The van der Waals surface area contributed by atoms with Crippen LogP contribution in [-0.4, -0.2) is 0 Å². The monoisotopic (exact) mass is 299 g/mol. The van der Waals surface area contributed by atoms with Crippen LogP contribution in [0.4, 0.5) is 17.1 Å². The van der Waals surface area contributed by atoms with Crippen molar-refractivity contribution in [1.29, 1.82) is 0 Å². The predicted molar refractivity (Wildman–Crippen MR) is 94.5 cm³/mol. The Morgan fingerprint density at radius 1 is 0.565 bits per heavy atom. The van der Waals surface area contributed by atoms with Gasteiger partial charge in [0, 0.05) is 28.9 Å². The maximum absolute atomic E-state index is 6.36. The van der Waals surface area contributed by atoms with E-state index in [0.717, 1.165) is 17.1 Å². The van der Waals surface area contributed by atoms with Gasteiger partial charge in [0.2, 0.25) is 0 Å². The van der Waals surface area contributed by atoms with Crippen LogP contribution in [-0.2, 0) is 0 Å². The van der Waals surface area contributed by atoms with Crippen molar-refractivity contribution in [3.63, 3.8) is 0 Å². The SMILES string of the molecule is Nc1ccc2c(c1)C1c3cccc(N)c3C2c2cccc(N)c21. The van der Waals surface area contributed by atoms with Crippen molar-refractivity contribution < 1.29 is 0 Å². The minimum absolute atomic E-state index is 0.119. The van der Waals surface area contributed by atoms with Gasteiger partial charge in [0.1, 0.15) is 0 Å². The number of hydrogen-bond acceptors (Lipinski definition) is 3. The van der Waals surface area contributed by atoms with Crippen molar-refractivity contribution in [2.24, 2.45) is 0 Å². The lowest BCUT2D eigenvalue weighted by atomic mass is 9.60. The molecule has 6 N–H and O–H groups in total. The van der Waals surface area contributed by atoms with Gasteiger partial charge in [-0.15, -0.1) is 0 Å². The van der Waals surface area contributed by atoms with E-state index in [1.165, 1.54) is 33.4 Å². The lowest BCUT2D eigenvalue weighted by molar-refractivity contribution is 0.759. The molecule has 0 aliphatic heterocycles. The topological polar surface area (TPSA) is 78.1 Å². The summed E-state index contributed by atoms with van der Waals surface area (Å²) >= 11 is 0. The van der Waals surface area contributed by atoms with Crippen molar-refractivity contribution in [1.82, 2.24) is 0 Å². The van der Waals surface area contributed by atoms with E-state index in [-0.39, 0.29) is 11.8 Å². The van der Waals surface area contributed by atoms with Gasteiger partial charge in [0.05, 0.1) is 0 Å². The van der Waals surface area contributed by atoms with Crippen molar-refractivity contribution in [3.8, 4) is 0 Å². The van der Waals surface area contributed by atoms with Gasteiger partial charge >= 0.3 is 0 Å². The highest BCUT2D eigenvalue weighted by Gasteiger charge is 2.43. The highest BCUT2D eigenvalue weighted by molar-refractivity contribution is 5.77. The summed E-state index contributed by atoms with van der Waals surface area (Å²) in [5.41, 5.74) is 28.8. The first-order chi connectivity index (χ1) is 11.2. The first-order valence-corrected chi connectivity index (χ1v) is 7.82. The van der Waals surface area contributed by atoms with Crippen LogP contribution in [0.15, 0.2) is 54.6 Å². The van der Waals surface area contributed by atoms with E-state index in [1.54, 1.807) is 0 Å². The Hall–Kier alpha value is -2.94. The lowest BCUT2D eigenvalue weighted by Gasteiger charge is -2.43. The Morgan fingerprint density at radius 3 is 1.74 bits per heavy atom. The van der Waals surface area contributed by atoms with Crippen LogP contribution < -0.4 is 17.2 Å². The smallest absolute Gasteiger partial charge is 0.0371 e. The van der Waals surface area contributed by atoms with Crippen LogP contribution in [0, 0.1) is 0 Å². The van der Waals surface area contributed by atoms with Crippen LogP contribution in [0.5, 0.6) is 0 Å². The van der Waals surface area contributed by atoms with E-state index in [4.69, 9.17) is 17.2 Å². The number of rotatable bonds is 0. The third kappa shape index (κ3) is 1.44. The zero-order valence-electron chi connectivity index (χ0n) is 12.6. The summed E-state index contributed by atoms with van der Waals surface area (Å²) in [6.07, 6.45) is 0. The van der Waals surface area contributed by atoms with Crippen LogP contribution in [0.2, 0.25) is 0 Å². The van der Waals surface area contributed by atoms with Crippen molar-refractivity contribution in [3.05, 3.63) is 88.0 Å². The Bertz CT molecular complexity index is 973. The molecule has 112 valence electrons. The molecule has 0 aromatic heterocycles. The highest BCUT2D eigenvalue weighted by Crippen LogP contribution is 2.58. The fourth-order valence-corrected chi connectivity index (χ4v) is 4.44. The van der Waals surface area contributed by atoms with Gasteiger partial charge in [-0.2, -0.15) is 0 Å². The molecule has 0 amide bonds. The van der Waals surface area contributed by atoms with Gasteiger partial charge in [-0.3, -0.25) is 0 Å². The van der Waals surface area contributed by atoms with Gasteiger partial charge in [0.25, 0.3) is 0 Å². The van der Waals surface area contributed by atoms with Crippen molar-refractivity contribution >= 4 is 17.1 Å². The molecule has 0 radical (unpaired) electrons. The molecule has 6 rings (SSSR count). The fourth-order valence-electron chi connectivity index (χ4n) is 4.44. The number of nitrogens with two attached hydrogens (primary N) is 3. The second-order valence-electron chi connectivity index (χ2n) is 6.45. The van der Waals surface area contributed by atoms with E-state index in [2.05, 4.69) is 24.3 Å². The van der Waals surface area contributed by atoms with Gasteiger partial charge in [0.15, 0.2) is 0 Å². The van der Waals surface area contributed by atoms with Crippen molar-refractivity contribution in [2.75, 3.05) is 17.2 Å². The normalized spacial score (nSPS) is 19.8. The number of nitrogen functional groups attached to an aromatic ring is 3. The van der Waals surface area contributed by atoms with Crippen LogP contribution in [0.25, 0.3) is 0 Å². The molecular formula is C20H17N3. The molecule has 3 nitrogen and oxygen atoms in total. The minimum atomic E-state index is 0.119. The molecule has 2 atom stereocenters. The van der Waals surface area contributed by atoms with Crippen LogP contribution in [0.1, 0.15) is 45.2 Å². The molecule has 0 fully saturated rings. The maximum Gasteiger partial charge on any atom is 0.0371 e. The molecule has 0 saturated heterocycles. The molecule has 3 aliphatic carbocycles. The number of benzene rings is 3. The summed E-state index contributed by atoms with van der Waals surface area (Å²) in [5.74, 6) is 0.262. The van der Waals surface area contributed by atoms with E-state index < -0.39 is 0 Å². The Morgan fingerprint density at radius 2 is 1.13 bits per heavy atom. The van der Waals surface area contributed by atoms with Crippen LogP contribution >= 0.6 is 0 Å². The molecule has 0 heterocycles. The van der Waals surface area contributed by atoms with E-state index in [9.17, 15) is 0 Å². The maximum atomic E-state index is 6.36. The summed E-state index contributed by atoms with van der Waals surface area (Å²) in [4.78, 5) is 0. The Kier molecular flexibility index (Phi) is 2.23. The first kappa shape index (κ1) is 12.6. The van der Waals surface area contributed by atoms with Crippen LogP contribution in [0.3, 0.4) is 0 Å². The Balaban J connectivity index is 1.95. The highest BCUT2D eigenvalue weighted by atomic mass is 14.6. The zero-order valence-corrected chi connectivity index (χ0v) is 12.6. The molecule has 3 aromatic rings. The summed E-state index contributed by atoms with van der Waals surface area (Å²) in [5, 5.41) is 0. The number of anilines is 3. The number of hydrogen-bond donors (Lipinski definition) is 3. The second-order valence-corrected chi connectivity index (χ2v) is 6.45. The molecule has 2 unspecified atom stereocenters. The summed E-state index contributed by atoms with van der Waals surface area (Å²) in [7, 11) is 0. The summed E-state index contributed by atoms with van der Waals surface area (Å²) in [6, 6.07) is 18.6. The zero-order chi connectivity index (χ0) is 15.7. The lowest BCUT2D eigenvalue weighted by Crippen LogP contribution is -2.29. The third-order valence-electron chi connectivity index (χ3n) is 5.28. The van der Waals surface area contributed by atoms with Gasteiger partial charge in [-0.05, 0) is 57.6 Å². The summed E-state index contributed by atoms with van der Waals surface area (Å²) < 4.78 is 0. The van der Waals surface area contributed by atoms with Crippen molar-refractivity contribution in [2.45, 2.75) is 11.8 Å². The average Bonchev–Trinajstić information content (AvgIpc) is 2.55. The average molecular weight is 299 g/mol. The third-order valence-corrected chi connectivity index (χ3v) is 5.28. The summed E-state index contributed by atoms with van der Waals surface area (Å²) in [6.45, 7) is 0. The molecule has 3 heteroatoms. The standard InChI is InChI=1S/C20H17N3/c21-10-7-8-11-14(9-10)18-13-4-2-5-15(22)19(13)17(11)12-3-1-6-16(23)20(12)18/h1-9,17-18H,21-23H2. The van der Waals surface area contributed by atoms with E-state index >= 15 is 0 Å². The molecular weight excluding hydrogens is 282 g/mol. The minimum Gasteiger partial charge on any atom is -0.399 e. The van der Waals surface area contributed by atoms with Gasteiger partial charge < -0.3 is 17.2 Å².